The number of aromatic nitrogens is 2. The molecule has 0 radical (unpaired) electrons. The van der Waals surface area contributed by atoms with Crippen molar-refractivity contribution in [2.75, 3.05) is 24.7 Å². The number of carbonyl (C=O) groups is 1. The van der Waals surface area contributed by atoms with E-state index in [1.54, 1.807) is 11.8 Å². The minimum atomic E-state index is -0.0124. The topological polar surface area (TPSA) is 58.1 Å². The second-order valence-corrected chi connectivity index (χ2v) is 8.14. The van der Waals surface area contributed by atoms with Crippen LogP contribution in [0, 0.1) is 6.92 Å². The summed E-state index contributed by atoms with van der Waals surface area (Å²) < 4.78 is 0. The van der Waals surface area contributed by atoms with Gasteiger partial charge in [0.15, 0.2) is 0 Å². The van der Waals surface area contributed by atoms with E-state index < -0.39 is 0 Å². The lowest BCUT2D eigenvalue weighted by Crippen LogP contribution is -2.49. The summed E-state index contributed by atoms with van der Waals surface area (Å²) >= 11 is 1.68. The molecule has 0 bridgehead atoms. The Morgan fingerprint density at radius 3 is 3.08 bits per heavy atom. The first-order valence-corrected chi connectivity index (χ1v) is 10.4. The van der Waals surface area contributed by atoms with Crippen LogP contribution in [-0.4, -0.2) is 40.2 Å². The van der Waals surface area contributed by atoms with E-state index in [-0.39, 0.29) is 11.4 Å². The number of piperidine rings is 1. The Balaban J connectivity index is 1.52. The third-order valence-electron chi connectivity index (χ3n) is 5.55. The van der Waals surface area contributed by atoms with Crippen molar-refractivity contribution < 1.29 is 4.79 Å². The molecule has 2 amide bonds. The van der Waals surface area contributed by atoms with Crippen LogP contribution in [0.2, 0.25) is 0 Å². The zero-order valence-electron chi connectivity index (χ0n) is 15.3. The smallest absolute Gasteiger partial charge is 0.321 e. The van der Waals surface area contributed by atoms with Gasteiger partial charge in [-0.05, 0) is 62.6 Å². The molecule has 2 aromatic rings. The molecule has 1 fully saturated rings. The first kappa shape index (κ1) is 17.3. The summed E-state index contributed by atoms with van der Waals surface area (Å²) in [4.78, 5) is 25.1. The first-order chi connectivity index (χ1) is 12.6. The first-order valence-electron chi connectivity index (χ1n) is 9.13. The Hall–Kier alpha value is -2.08. The Kier molecular flexibility index (Phi) is 4.61. The maximum Gasteiger partial charge on any atom is 0.321 e. The molecule has 1 aliphatic carbocycles. The van der Waals surface area contributed by atoms with E-state index in [1.165, 1.54) is 11.3 Å². The quantitative estimate of drug-likeness (QED) is 0.814. The molecule has 1 spiro atoms. The fourth-order valence-corrected chi connectivity index (χ4v) is 4.69. The summed E-state index contributed by atoms with van der Waals surface area (Å²) in [7, 11) is 0. The number of anilines is 1. The standard InChI is InChI=1S/C20H24N4OS/c1-14-21-12-15-7-9-20(18(15)22-14)8-4-10-24(13-20)19(25)23-16-5-3-6-17(11-16)26-2/h3,5-6,11-12H,4,7-10,13H2,1-2H3,(H,23,25). The molecule has 0 saturated carbocycles. The summed E-state index contributed by atoms with van der Waals surface area (Å²) in [6.07, 6.45) is 8.20. The molecule has 6 heteroatoms. The Labute approximate surface area is 158 Å². The van der Waals surface area contributed by atoms with Gasteiger partial charge < -0.3 is 10.2 Å². The maximum atomic E-state index is 12.9. The number of aryl methyl sites for hydroxylation is 2. The van der Waals surface area contributed by atoms with E-state index >= 15 is 0 Å². The number of thioether (sulfide) groups is 1. The minimum Gasteiger partial charge on any atom is -0.324 e. The molecule has 1 unspecified atom stereocenters. The van der Waals surface area contributed by atoms with Gasteiger partial charge in [0, 0.05) is 35.3 Å². The number of likely N-dealkylation sites (tertiary alicyclic amines) is 1. The molecule has 26 heavy (non-hydrogen) atoms. The second kappa shape index (κ2) is 6.91. The van der Waals surface area contributed by atoms with Crippen LogP contribution in [0.1, 0.15) is 36.3 Å². The average Bonchev–Trinajstić information content (AvgIpc) is 2.99. The zero-order chi connectivity index (χ0) is 18.1. The summed E-state index contributed by atoms with van der Waals surface area (Å²) in [5, 5.41) is 3.07. The van der Waals surface area contributed by atoms with Crippen LogP contribution >= 0.6 is 11.8 Å². The number of amides is 2. The van der Waals surface area contributed by atoms with E-state index in [4.69, 9.17) is 4.98 Å². The number of carbonyl (C=O) groups excluding carboxylic acids is 1. The lowest BCUT2D eigenvalue weighted by atomic mass is 9.77. The van der Waals surface area contributed by atoms with Gasteiger partial charge in [0.1, 0.15) is 5.82 Å². The van der Waals surface area contributed by atoms with Gasteiger partial charge in [0.25, 0.3) is 0 Å². The van der Waals surface area contributed by atoms with Crippen molar-refractivity contribution in [3.05, 3.63) is 47.5 Å². The number of rotatable bonds is 2. The van der Waals surface area contributed by atoms with Crippen molar-refractivity contribution in [3.63, 3.8) is 0 Å². The molecule has 4 rings (SSSR count). The van der Waals surface area contributed by atoms with Crippen molar-refractivity contribution >= 4 is 23.5 Å². The van der Waals surface area contributed by atoms with Gasteiger partial charge in [0.05, 0.1) is 5.69 Å². The molecule has 1 aliphatic heterocycles. The molecule has 2 heterocycles. The average molecular weight is 369 g/mol. The second-order valence-electron chi connectivity index (χ2n) is 7.26. The van der Waals surface area contributed by atoms with Gasteiger partial charge in [-0.1, -0.05) is 6.07 Å². The van der Waals surface area contributed by atoms with E-state index in [2.05, 4.69) is 10.3 Å². The van der Waals surface area contributed by atoms with Crippen LogP contribution in [0.25, 0.3) is 0 Å². The van der Waals surface area contributed by atoms with Crippen LogP contribution in [-0.2, 0) is 11.8 Å². The lowest BCUT2D eigenvalue weighted by molar-refractivity contribution is 0.157. The van der Waals surface area contributed by atoms with E-state index in [1.807, 2.05) is 48.5 Å². The highest BCUT2D eigenvalue weighted by atomic mass is 32.2. The predicted octanol–water partition coefficient (Wildman–Crippen LogP) is 4.02. The molecule has 2 aliphatic rings. The molecule has 5 nitrogen and oxygen atoms in total. The largest absolute Gasteiger partial charge is 0.324 e. The molecule has 1 saturated heterocycles. The fourth-order valence-electron chi connectivity index (χ4n) is 4.24. The van der Waals surface area contributed by atoms with E-state index in [9.17, 15) is 4.79 Å². The number of fused-ring (bicyclic) bond motifs is 2. The third kappa shape index (κ3) is 3.18. The third-order valence-corrected chi connectivity index (χ3v) is 6.27. The van der Waals surface area contributed by atoms with Crippen LogP contribution in [0.15, 0.2) is 35.4 Å². The van der Waals surface area contributed by atoms with Crippen molar-refractivity contribution in [3.8, 4) is 0 Å². The highest BCUT2D eigenvalue weighted by Crippen LogP contribution is 2.43. The Morgan fingerprint density at radius 1 is 1.35 bits per heavy atom. The lowest BCUT2D eigenvalue weighted by Gasteiger charge is -2.40. The van der Waals surface area contributed by atoms with Gasteiger partial charge in [-0.3, -0.25) is 0 Å². The minimum absolute atomic E-state index is 0.000256. The highest BCUT2D eigenvalue weighted by Gasteiger charge is 2.44. The Bertz CT molecular complexity index is 836. The number of benzene rings is 1. The Morgan fingerprint density at radius 2 is 2.23 bits per heavy atom. The van der Waals surface area contributed by atoms with Crippen LogP contribution in [0.3, 0.4) is 0 Å². The van der Waals surface area contributed by atoms with E-state index in [0.717, 1.165) is 55.2 Å². The monoisotopic (exact) mass is 368 g/mol. The van der Waals surface area contributed by atoms with Crippen molar-refractivity contribution in [1.29, 1.82) is 0 Å². The van der Waals surface area contributed by atoms with Crippen molar-refractivity contribution in [1.82, 2.24) is 14.9 Å². The van der Waals surface area contributed by atoms with E-state index in [0.29, 0.717) is 0 Å². The summed E-state index contributed by atoms with van der Waals surface area (Å²) in [6, 6.07) is 7.98. The summed E-state index contributed by atoms with van der Waals surface area (Å²) in [5.74, 6) is 0.820. The fraction of sp³-hybridized carbons (Fsp3) is 0.450. The molecular weight excluding hydrogens is 344 g/mol. The predicted molar refractivity (Wildman–Crippen MR) is 105 cm³/mol. The van der Waals surface area contributed by atoms with Crippen molar-refractivity contribution in [2.45, 2.75) is 42.9 Å². The maximum absolute atomic E-state index is 12.9. The van der Waals surface area contributed by atoms with Crippen molar-refractivity contribution in [2.24, 2.45) is 0 Å². The van der Waals surface area contributed by atoms with Crippen LogP contribution in [0.5, 0.6) is 0 Å². The summed E-state index contributed by atoms with van der Waals surface area (Å²) in [6.45, 7) is 3.48. The van der Waals surface area contributed by atoms with Gasteiger partial charge in [-0.25, -0.2) is 14.8 Å². The normalized spacial score (nSPS) is 21.7. The SMILES string of the molecule is CSc1cccc(NC(=O)N2CCCC3(CCc4cnc(C)nc43)C2)c1. The van der Waals surface area contributed by atoms with Crippen LogP contribution in [0.4, 0.5) is 10.5 Å². The number of hydrogen-bond donors (Lipinski definition) is 1. The number of nitrogens with one attached hydrogen (secondary N) is 1. The number of hydrogen-bond acceptors (Lipinski definition) is 4. The molecule has 1 aromatic carbocycles. The molecule has 136 valence electrons. The van der Waals surface area contributed by atoms with Gasteiger partial charge in [-0.15, -0.1) is 11.8 Å². The van der Waals surface area contributed by atoms with Gasteiger partial charge in [0.2, 0.25) is 0 Å². The van der Waals surface area contributed by atoms with Crippen LogP contribution < -0.4 is 5.32 Å². The van der Waals surface area contributed by atoms with Gasteiger partial charge in [-0.2, -0.15) is 0 Å². The zero-order valence-corrected chi connectivity index (χ0v) is 16.1. The summed E-state index contributed by atoms with van der Waals surface area (Å²) in [5.41, 5.74) is 3.28. The number of nitrogens with zero attached hydrogens (tertiary/aromatic N) is 3. The molecule has 1 N–H and O–H groups in total. The molecular formula is C20H24N4OS. The molecule has 1 aromatic heterocycles. The molecule has 1 atom stereocenters. The number of urea groups is 1. The highest BCUT2D eigenvalue weighted by molar-refractivity contribution is 7.98. The van der Waals surface area contributed by atoms with Gasteiger partial charge >= 0.3 is 6.03 Å².